The van der Waals surface area contributed by atoms with Crippen LogP contribution in [0.25, 0.3) is 0 Å². The average molecular weight is 307 g/mol. The number of anilines is 2. The van der Waals surface area contributed by atoms with Gasteiger partial charge in [-0.2, -0.15) is 0 Å². The number of benzene rings is 2. The molecule has 0 aliphatic carbocycles. The maximum absolute atomic E-state index is 5.80. The summed E-state index contributed by atoms with van der Waals surface area (Å²) < 4.78 is 6.26. The lowest BCUT2D eigenvalue weighted by molar-refractivity contribution is 0.415. The number of halogens is 1. The van der Waals surface area contributed by atoms with E-state index >= 15 is 0 Å². The van der Waals surface area contributed by atoms with Crippen molar-refractivity contribution in [2.24, 2.45) is 0 Å². The Balaban J connectivity index is 2.08. The van der Waals surface area contributed by atoms with Crippen molar-refractivity contribution in [3.63, 3.8) is 0 Å². The first-order chi connectivity index (χ1) is 8.67. The van der Waals surface area contributed by atoms with Crippen molar-refractivity contribution in [2.45, 2.75) is 6.54 Å². The predicted octanol–water partition coefficient (Wildman–Crippen LogP) is 3.65. The molecule has 0 unspecified atom stereocenters. The van der Waals surface area contributed by atoms with E-state index in [1.54, 1.807) is 13.2 Å². The zero-order valence-electron chi connectivity index (χ0n) is 10.1. The largest absolute Gasteiger partial charge is 0.497 e. The fourth-order valence-corrected chi connectivity index (χ4v) is 2.14. The molecule has 0 aromatic heterocycles. The van der Waals surface area contributed by atoms with Gasteiger partial charge in [-0.3, -0.25) is 0 Å². The van der Waals surface area contributed by atoms with Crippen LogP contribution in [0.4, 0.5) is 11.4 Å². The molecule has 0 aliphatic rings. The second-order valence-corrected chi connectivity index (χ2v) is 4.89. The Labute approximate surface area is 115 Å². The average Bonchev–Trinajstić information content (AvgIpc) is 2.36. The molecule has 0 saturated carbocycles. The third kappa shape index (κ3) is 3.40. The van der Waals surface area contributed by atoms with Gasteiger partial charge < -0.3 is 15.8 Å². The molecule has 0 atom stereocenters. The molecule has 4 heteroatoms. The molecule has 2 aromatic rings. The number of hydrogen-bond donors (Lipinski definition) is 2. The summed E-state index contributed by atoms with van der Waals surface area (Å²) in [6, 6.07) is 13.8. The Kier molecular flexibility index (Phi) is 4.10. The molecule has 0 aliphatic heterocycles. The number of nitrogens with two attached hydrogens (primary N) is 1. The lowest BCUT2D eigenvalue weighted by atomic mass is 10.2. The minimum Gasteiger partial charge on any atom is -0.497 e. The van der Waals surface area contributed by atoms with E-state index in [1.165, 1.54) is 5.56 Å². The standard InChI is InChI=1S/C14H15BrN2O/c1-18-14-7-12(16)6-13(8-14)17-9-10-3-2-4-11(15)5-10/h2-8,17H,9,16H2,1H3. The molecule has 2 aromatic carbocycles. The van der Waals surface area contributed by atoms with Gasteiger partial charge >= 0.3 is 0 Å². The highest BCUT2D eigenvalue weighted by molar-refractivity contribution is 9.10. The molecule has 0 heterocycles. The summed E-state index contributed by atoms with van der Waals surface area (Å²) in [6.45, 7) is 0.742. The van der Waals surface area contributed by atoms with Gasteiger partial charge in [-0.05, 0) is 23.8 Å². The lowest BCUT2D eigenvalue weighted by Crippen LogP contribution is -2.00. The highest BCUT2D eigenvalue weighted by Crippen LogP contribution is 2.23. The minimum absolute atomic E-state index is 0.686. The number of ether oxygens (including phenoxy) is 1. The lowest BCUT2D eigenvalue weighted by Gasteiger charge is -2.09. The molecule has 0 saturated heterocycles. The van der Waals surface area contributed by atoms with Gasteiger partial charge in [0.15, 0.2) is 0 Å². The van der Waals surface area contributed by atoms with Crippen LogP contribution in [0, 0.1) is 0 Å². The van der Waals surface area contributed by atoms with E-state index in [0.717, 1.165) is 22.5 Å². The van der Waals surface area contributed by atoms with Gasteiger partial charge in [0, 0.05) is 34.5 Å². The first-order valence-corrected chi connectivity index (χ1v) is 6.39. The Bertz CT molecular complexity index is 543. The smallest absolute Gasteiger partial charge is 0.122 e. The van der Waals surface area contributed by atoms with E-state index in [-0.39, 0.29) is 0 Å². The van der Waals surface area contributed by atoms with Crippen LogP contribution in [0.15, 0.2) is 46.9 Å². The molecule has 3 nitrogen and oxygen atoms in total. The summed E-state index contributed by atoms with van der Waals surface area (Å²) in [6.07, 6.45) is 0. The van der Waals surface area contributed by atoms with Crippen LogP contribution in [0.1, 0.15) is 5.56 Å². The van der Waals surface area contributed by atoms with Crippen molar-refractivity contribution < 1.29 is 4.74 Å². The van der Waals surface area contributed by atoms with Crippen molar-refractivity contribution in [1.82, 2.24) is 0 Å². The van der Waals surface area contributed by atoms with Gasteiger partial charge in [0.05, 0.1) is 7.11 Å². The molecule has 0 radical (unpaired) electrons. The third-order valence-electron chi connectivity index (χ3n) is 2.55. The number of nitrogens with one attached hydrogen (secondary N) is 1. The first-order valence-electron chi connectivity index (χ1n) is 5.60. The summed E-state index contributed by atoms with van der Waals surface area (Å²) in [5.41, 5.74) is 8.64. The fourth-order valence-electron chi connectivity index (χ4n) is 1.69. The highest BCUT2D eigenvalue weighted by atomic mass is 79.9. The van der Waals surface area contributed by atoms with Gasteiger partial charge in [0.25, 0.3) is 0 Å². The predicted molar refractivity (Wildman–Crippen MR) is 78.9 cm³/mol. The monoisotopic (exact) mass is 306 g/mol. The highest BCUT2D eigenvalue weighted by Gasteiger charge is 1.99. The van der Waals surface area contributed by atoms with Crippen LogP contribution in [-0.4, -0.2) is 7.11 Å². The fraction of sp³-hybridized carbons (Fsp3) is 0.143. The van der Waals surface area contributed by atoms with Crippen molar-refractivity contribution in [1.29, 1.82) is 0 Å². The SMILES string of the molecule is COc1cc(N)cc(NCc2cccc(Br)c2)c1. The molecule has 3 N–H and O–H groups in total. The molecule has 94 valence electrons. The number of rotatable bonds is 4. The molecule has 0 spiro atoms. The van der Waals surface area contributed by atoms with Crippen molar-refractivity contribution in [3.05, 3.63) is 52.5 Å². The number of nitrogen functional groups attached to an aromatic ring is 1. The van der Waals surface area contributed by atoms with Gasteiger partial charge in [0.1, 0.15) is 5.75 Å². The zero-order valence-corrected chi connectivity index (χ0v) is 11.7. The maximum atomic E-state index is 5.80. The Morgan fingerprint density at radius 2 is 2.06 bits per heavy atom. The number of methoxy groups -OCH3 is 1. The second kappa shape index (κ2) is 5.78. The third-order valence-corrected chi connectivity index (χ3v) is 3.04. The Morgan fingerprint density at radius 1 is 1.22 bits per heavy atom. The van der Waals surface area contributed by atoms with E-state index in [0.29, 0.717) is 5.69 Å². The van der Waals surface area contributed by atoms with Crippen LogP contribution < -0.4 is 15.8 Å². The molecule has 0 bridgehead atoms. The quantitative estimate of drug-likeness (QED) is 0.848. The molecular weight excluding hydrogens is 292 g/mol. The van der Waals surface area contributed by atoms with Gasteiger partial charge in [0.2, 0.25) is 0 Å². The summed E-state index contributed by atoms with van der Waals surface area (Å²) in [5, 5.41) is 3.32. The second-order valence-electron chi connectivity index (χ2n) is 3.98. The van der Waals surface area contributed by atoms with Crippen LogP contribution in [0.5, 0.6) is 5.75 Å². The molecule has 0 amide bonds. The van der Waals surface area contributed by atoms with Crippen molar-refractivity contribution >= 4 is 27.3 Å². The summed E-state index contributed by atoms with van der Waals surface area (Å²) in [5.74, 6) is 0.756. The zero-order chi connectivity index (χ0) is 13.0. The van der Waals surface area contributed by atoms with Gasteiger partial charge in [-0.25, -0.2) is 0 Å². The molecule has 2 rings (SSSR count). The molecule has 0 fully saturated rings. The Morgan fingerprint density at radius 3 is 2.78 bits per heavy atom. The van der Waals surface area contributed by atoms with Crippen LogP contribution in [-0.2, 0) is 6.54 Å². The van der Waals surface area contributed by atoms with Crippen LogP contribution in [0.2, 0.25) is 0 Å². The van der Waals surface area contributed by atoms with E-state index in [4.69, 9.17) is 10.5 Å². The topological polar surface area (TPSA) is 47.3 Å². The van der Waals surface area contributed by atoms with E-state index in [9.17, 15) is 0 Å². The van der Waals surface area contributed by atoms with E-state index in [1.807, 2.05) is 24.3 Å². The number of hydrogen-bond acceptors (Lipinski definition) is 3. The first kappa shape index (κ1) is 12.8. The van der Waals surface area contributed by atoms with Crippen LogP contribution >= 0.6 is 15.9 Å². The van der Waals surface area contributed by atoms with Crippen molar-refractivity contribution in [2.75, 3.05) is 18.2 Å². The summed E-state index contributed by atoms with van der Waals surface area (Å²) in [4.78, 5) is 0. The minimum atomic E-state index is 0.686. The van der Waals surface area contributed by atoms with E-state index < -0.39 is 0 Å². The van der Waals surface area contributed by atoms with Gasteiger partial charge in [-0.1, -0.05) is 28.1 Å². The van der Waals surface area contributed by atoms with Gasteiger partial charge in [-0.15, -0.1) is 0 Å². The normalized spacial score (nSPS) is 10.1. The molecular formula is C14H15BrN2O. The van der Waals surface area contributed by atoms with E-state index in [2.05, 4.69) is 33.4 Å². The Hall–Kier alpha value is -1.68. The molecule has 18 heavy (non-hydrogen) atoms. The summed E-state index contributed by atoms with van der Waals surface area (Å²) in [7, 11) is 1.63. The van der Waals surface area contributed by atoms with Crippen molar-refractivity contribution in [3.8, 4) is 5.75 Å². The summed E-state index contributed by atoms with van der Waals surface area (Å²) >= 11 is 3.46. The van der Waals surface area contributed by atoms with Crippen LogP contribution in [0.3, 0.4) is 0 Å². The maximum Gasteiger partial charge on any atom is 0.122 e.